The number of fused-ring (bicyclic) bond motifs is 1. The molecule has 0 spiro atoms. The van der Waals surface area contributed by atoms with Gasteiger partial charge in [0, 0.05) is 0 Å². The van der Waals surface area contributed by atoms with Crippen LogP contribution in [-0.4, -0.2) is 30.2 Å². The third-order valence-electron chi connectivity index (χ3n) is 3.82. The van der Waals surface area contributed by atoms with Gasteiger partial charge in [0.05, 0.1) is 22.5 Å². The Labute approximate surface area is 143 Å². The molecule has 0 saturated carbocycles. The largest absolute Gasteiger partial charge is 0.333 e. The zero-order valence-electron chi connectivity index (χ0n) is 13.4. The number of nitrogens with zero attached hydrogens (tertiary/aromatic N) is 5. The van der Waals surface area contributed by atoms with Crippen molar-refractivity contribution in [1.29, 1.82) is 0 Å². The molecule has 0 aliphatic rings. The molecule has 4 aromatic rings. The molecule has 0 saturated heterocycles. The van der Waals surface area contributed by atoms with Crippen molar-refractivity contribution in [3.63, 3.8) is 0 Å². The number of rotatable bonds is 4. The zero-order chi connectivity index (χ0) is 16.5. The SMILES string of the molecule is Cc1ccc(-n2nnnc2CSc2nc3ccccc3[nH]2)c(C)c1. The van der Waals surface area contributed by atoms with Crippen molar-refractivity contribution in [3.05, 3.63) is 59.4 Å². The molecule has 0 fully saturated rings. The average Bonchev–Trinajstić information content (AvgIpc) is 3.19. The topological polar surface area (TPSA) is 72.3 Å². The maximum Gasteiger partial charge on any atom is 0.167 e. The second kappa shape index (κ2) is 6.09. The van der Waals surface area contributed by atoms with E-state index in [0.29, 0.717) is 5.75 Å². The third-order valence-corrected chi connectivity index (χ3v) is 4.69. The number of aryl methyl sites for hydroxylation is 2. The lowest BCUT2D eigenvalue weighted by Crippen LogP contribution is -2.04. The van der Waals surface area contributed by atoms with Crippen molar-refractivity contribution in [2.24, 2.45) is 0 Å². The highest BCUT2D eigenvalue weighted by molar-refractivity contribution is 7.98. The smallest absolute Gasteiger partial charge is 0.167 e. The Morgan fingerprint density at radius 3 is 2.83 bits per heavy atom. The maximum atomic E-state index is 4.57. The summed E-state index contributed by atoms with van der Waals surface area (Å²) in [5, 5.41) is 13.0. The second-order valence-electron chi connectivity index (χ2n) is 5.64. The van der Waals surface area contributed by atoms with E-state index < -0.39 is 0 Å². The number of para-hydroxylation sites is 2. The van der Waals surface area contributed by atoms with E-state index in [1.54, 1.807) is 16.4 Å². The normalized spacial score (nSPS) is 11.2. The molecule has 0 aliphatic carbocycles. The predicted molar refractivity (Wildman–Crippen MR) is 94.3 cm³/mol. The minimum absolute atomic E-state index is 0.639. The van der Waals surface area contributed by atoms with Crippen LogP contribution in [0, 0.1) is 13.8 Å². The number of nitrogens with one attached hydrogen (secondary N) is 1. The lowest BCUT2D eigenvalue weighted by molar-refractivity contribution is 0.773. The molecule has 120 valence electrons. The van der Waals surface area contributed by atoms with Gasteiger partial charge in [0.15, 0.2) is 11.0 Å². The fourth-order valence-corrected chi connectivity index (χ4v) is 3.45. The number of aromatic amines is 1. The van der Waals surface area contributed by atoms with Crippen LogP contribution in [0.4, 0.5) is 0 Å². The molecule has 0 atom stereocenters. The summed E-state index contributed by atoms with van der Waals surface area (Å²) in [6.07, 6.45) is 0. The number of aromatic nitrogens is 6. The Morgan fingerprint density at radius 1 is 1.12 bits per heavy atom. The first kappa shape index (κ1) is 14.9. The molecule has 0 aliphatic heterocycles. The van der Waals surface area contributed by atoms with Gasteiger partial charge in [0.1, 0.15) is 0 Å². The van der Waals surface area contributed by atoms with E-state index in [4.69, 9.17) is 0 Å². The van der Waals surface area contributed by atoms with Crippen molar-refractivity contribution in [3.8, 4) is 5.69 Å². The quantitative estimate of drug-likeness (QED) is 0.578. The van der Waals surface area contributed by atoms with Crippen LogP contribution in [0.5, 0.6) is 0 Å². The number of tetrazole rings is 1. The maximum absolute atomic E-state index is 4.57. The second-order valence-corrected chi connectivity index (χ2v) is 6.61. The van der Waals surface area contributed by atoms with Crippen molar-refractivity contribution in [1.82, 2.24) is 30.2 Å². The molecule has 2 aromatic carbocycles. The van der Waals surface area contributed by atoms with Gasteiger partial charge in [-0.2, -0.15) is 4.68 Å². The number of thioether (sulfide) groups is 1. The lowest BCUT2D eigenvalue weighted by atomic mass is 10.1. The van der Waals surface area contributed by atoms with Gasteiger partial charge in [-0.3, -0.25) is 0 Å². The molecule has 0 bridgehead atoms. The number of hydrogen-bond donors (Lipinski definition) is 1. The van der Waals surface area contributed by atoms with Crippen molar-refractivity contribution < 1.29 is 0 Å². The van der Waals surface area contributed by atoms with Crippen molar-refractivity contribution in [2.45, 2.75) is 24.8 Å². The molecule has 0 radical (unpaired) electrons. The molecule has 6 nitrogen and oxygen atoms in total. The van der Waals surface area contributed by atoms with Gasteiger partial charge in [0.25, 0.3) is 0 Å². The number of hydrogen-bond acceptors (Lipinski definition) is 5. The standard InChI is InChI=1S/C17H16N6S/c1-11-7-8-15(12(2)9-11)23-16(20-21-22-23)10-24-17-18-13-5-3-4-6-14(13)19-17/h3-9H,10H2,1-2H3,(H,18,19). The molecule has 0 amide bonds. The third kappa shape index (κ3) is 2.78. The van der Waals surface area contributed by atoms with Crippen molar-refractivity contribution in [2.75, 3.05) is 0 Å². The molecule has 24 heavy (non-hydrogen) atoms. The van der Waals surface area contributed by atoms with E-state index in [9.17, 15) is 0 Å². The highest BCUT2D eigenvalue weighted by Gasteiger charge is 2.12. The summed E-state index contributed by atoms with van der Waals surface area (Å²) >= 11 is 1.59. The molecular weight excluding hydrogens is 320 g/mol. The van der Waals surface area contributed by atoms with Gasteiger partial charge >= 0.3 is 0 Å². The predicted octanol–water partition coefficient (Wildman–Crippen LogP) is 3.45. The summed E-state index contributed by atoms with van der Waals surface area (Å²) in [4.78, 5) is 7.88. The number of imidazole rings is 1. The van der Waals surface area contributed by atoms with Crippen LogP contribution in [0.1, 0.15) is 17.0 Å². The lowest BCUT2D eigenvalue weighted by Gasteiger charge is -2.08. The van der Waals surface area contributed by atoms with Gasteiger partial charge < -0.3 is 4.98 Å². The molecule has 1 N–H and O–H groups in total. The molecular formula is C17H16N6S. The van der Waals surface area contributed by atoms with Crippen LogP contribution in [0.3, 0.4) is 0 Å². The summed E-state index contributed by atoms with van der Waals surface area (Å²) in [6, 6.07) is 14.2. The monoisotopic (exact) mass is 336 g/mol. The number of benzene rings is 2. The van der Waals surface area contributed by atoms with Gasteiger partial charge in [-0.1, -0.05) is 41.6 Å². The first-order valence-corrected chi connectivity index (χ1v) is 8.62. The Bertz CT molecular complexity index is 970. The average molecular weight is 336 g/mol. The molecule has 2 aromatic heterocycles. The van der Waals surface area contributed by atoms with Crippen molar-refractivity contribution >= 4 is 22.8 Å². The van der Waals surface area contributed by atoms with Crippen LogP contribution in [0.15, 0.2) is 47.6 Å². The Kier molecular flexibility index (Phi) is 3.78. The first-order valence-electron chi connectivity index (χ1n) is 7.63. The summed E-state index contributed by atoms with van der Waals surface area (Å²) in [5.41, 5.74) is 5.38. The van der Waals surface area contributed by atoms with E-state index in [1.165, 1.54) is 5.56 Å². The van der Waals surface area contributed by atoms with Crippen LogP contribution in [0.25, 0.3) is 16.7 Å². The van der Waals surface area contributed by atoms with Crippen LogP contribution >= 0.6 is 11.8 Å². The molecule has 2 heterocycles. The number of H-pyrrole nitrogens is 1. The summed E-state index contributed by atoms with van der Waals surface area (Å²) < 4.78 is 1.80. The van der Waals surface area contributed by atoms with E-state index >= 15 is 0 Å². The molecule has 0 unspecified atom stereocenters. The highest BCUT2D eigenvalue weighted by atomic mass is 32.2. The van der Waals surface area contributed by atoms with Gasteiger partial charge in [-0.15, -0.1) is 5.10 Å². The first-order chi connectivity index (χ1) is 11.7. The van der Waals surface area contributed by atoms with E-state index in [1.807, 2.05) is 24.3 Å². The molecule has 7 heteroatoms. The van der Waals surface area contributed by atoms with Gasteiger partial charge in [-0.25, -0.2) is 4.98 Å². The fourth-order valence-electron chi connectivity index (χ4n) is 2.66. The summed E-state index contributed by atoms with van der Waals surface area (Å²) in [5.74, 6) is 1.44. The van der Waals surface area contributed by atoms with Crippen LogP contribution in [0.2, 0.25) is 0 Å². The highest BCUT2D eigenvalue weighted by Crippen LogP contribution is 2.23. The Balaban J connectivity index is 1.58. The van der Waals surface area contributed by atoms with Crippen LogP contribution in [-0.2, 0) is 5.75 Å². The summed E-state index contributed by atoms with van der Waals surface area (Å²) in [6.45, 7) is 4.15. The van der Waals surface area contributed by atoms with E-state index in [0.717, 1.165) is 33.3 Å². The van der Waals surface area contributed by atoms with E-state index in [2.05, 4.69) is 57.5 Å². The van der Waals surface area contributed by atoms with Gasteiger partial charge in [-0.05, 0) is 48.0 Å². The van der Waals surface area contributed by atoms with Crippen LogP contribution < -0.4 is 0 Å². The molecule has 4 rings (SSSR count). The zero-order valence-corrected chi connectivity index (χ0v) is 14.2. The summed E-state index contributed by atoms with van der Waals surface area (Å²) in [7, 11) is 0. The van der Waals surface area contributed by atoms with E-state index in [-0.39, 0.29) is 0 Å². The van der Waals surface area contributed by atoms with Gasteiger partial charge in [0.2, 0.25) is 0 Å². The minimum atomic E-state index is 0.639. The minimum Gasteiger partial charge on any atom is -0.333 e. The fraction of sp³-hybridized carbons (Fsp3) is 0.176. The Hall–Kier alpha value is -2.67. The Morgan fingerprint density at radius 2 is 2.00 bits per heavy atom.